The van der Waals surface area contributed by atoms with Gasteiger partial charge in [0.1, 0.15) is 0 Å². The highest BCUT2D eigenvalue weighted by atomic mass is 35.5. The number of aryl methyl sites for hydroxylation is 1. The van der Waals surface area contributed by atoms with Crippen LogP contribution in [0.25, 0.3) is 10.8 Å². The first-order valence-electron chi connectivity index (χ1n) is 5.06. The van der Waals surface area contributed by atoms with E-state index in [-0.39, 0.29) is 6.42 Å². The molecule has 82 valence electrons. The van der Waals surface area contributed by atoms with Crippen molar-refractivity contribution < 1.29 is 9.90 Å². The highest BCUT2D eigenvalue weighted by molar-refractivity contribution is 6.31. The van der Waals surface area contributed by atoms with E-state index in [0.717, 1.165) is 16.3 Å². The van der Waals surface area contributed by atoms with Gasteiger partial charge in [0.25, 0.3) is 0 Å². The molecule has 0 unspecified atom stereocenters. The Morgan fingerprint density at radius 3 is 2.81 bits per heavy atom. The molecule has 0 bridgehead atoms. The average molecular weight is 235 g/mol. The van der Waals surface area contributed by atoms with Gasteiger partial charge in [-0.2, -0.15) is 0 Å². The van der Waals surface area contributed by atoms with Gasteiger partial charge in [0, 0.05) is 11.4 Å². The second-order valence-electron chi connectivity index (χ2n) is 3.68. The molecule has 0 heterocycles. The van der Waals surface area contributed by atoms with Crippen LogP contribution in [0.15, 0.2) is 36.4 Å². The van der Waals surface area contributed by atoms with Crippen LogP contribution in [0.3, 0.4) is 0 Å². The van der Waals surface area contributed by atoms with Gasteiger partial charge in [0.15, 0.2) is 0 Å². The van der Waals surface area contributed by atoms with Gasteiger partial charge in [-0.05, 0) is 34.9 Å². The molecule has 3 heteroatoms. The molecular weight excluding hydrogens is 224 g/mol. The fraction of sp³-hybridized carbons (Fsp3) is 0.154. The summed E-state index contributed by atoms with van der Waals surface area (Å²) in [6.07, 6.45) is 0.679. The Labute approximate surface area is 98.5 Å². The lowest BCUT2D eigenvalue weighted by molar-refractivity contribution is -0.136. The van der Waals surface area contributed by atoms with Crippen molar-refractivity contribution in [2.45, 2.75) is 12.8 Å². The summed E-state index contributed by atoms with van der Waals surface area (Å²) in [7, 11) is 0. The second kappa shape index (κ2) is 4.54. The Kier molecular flexibility index (Phi) is 3.11. The van der Waals surface area contributed by atoms with Crippen LogP contribution in [-0.4, -0.2) is 11.1 Å². The smallest absolute Gasteiger partial charge is 0.303 e. The van der Waals surface area contributed by atoms with Crippen molar-refractivity contribution in [1.82, 2.24) is 0 Å². The van der Waals surface area contributed by atoms with Crippen LogP contribution >= 0.6 is 11.6 Å². The number of hydrogen-bond donors (Lipinski definition) is 1. The Hall–Kier alpha value is -1.54. The minimum atomic E-state index is -0.779. The van der Waals surface area contributed by atoms with Crippen LogP contribution in [0.4, 0.5) is 0 Å². The number of carboxylic acids is 1. The number of carbonyl (C=O) groups is 1. The van der Waals surface area contributed by atoms with E-state index in [1.54, 1.807) is 0 Å². The Morgan fingerprint density at radius 1 is 1.25 bits per heavy atom. The number of rotatable bonds is 3. The number of aliphatic carboxylic acids is 1. The first-order chi connectivity index (χ1) is 7.66. The summed E-state index contributed by atoms with van der Waals surface area (Å²) in [6.45, 7) is 0. The highest BCUT2D eigenvalue weighted by Gasteiger charge is 2.04. The fourth-order valence-corrected chi connectivity index (χ4v) is 1.94. The normalized spacial score (nSPS) is 10.6. The molecule has 0 aliphatic rings. The number of benzene rings is 2. The van der Waals surface area contributed by atoms with E-state index in [9.17, 15) is 4.79 Å². The molecule has 2 aromatic carbocycles. The van der Waals surface area contributed by atoms with Gasteiger partial charge in [0.2, 0.25) is 0 Å². The molecule has 0 atom stereocenters. The molecule has 0 saturated carbocycles. The topological polar surface area (TPSA) is 37.3 Å². The van der Waals surface area contributed by atoms with Crippen LogP contribution in [0.5, 0.6) is 0 Å². The molecule has 0 aromatic heterocycles. The van der Waals surface area contributed by atoms with Crippen molar-refractivity contribution in [3.63, 3.8) is 0 Å². The van der Waals surface area contributed by atoms with Gasteiger partial charge in [-0.1, -0.05) is 35.9 Å². The minimum absolute atomic E-state index is 0.144. The predicted octanol–water partition coefficient (Wildman–Crippen LogP) is 3.51. The summed E-state index contributed by atoms with van der Waals surface area (Å²) in [5.41, 5.74) is 1.03. The summed E-state index contributed by atoms with van der Waals surface area (Å²) in [4.78, 5) is 10.5. The standard InChI is InChI=1S/C13H11ClO2/c14-11-6-4-9-2-1-3-10(12(9)8-11)5-7-13(15)16/h1-4,6,8H,5,7H2,(H,15,16). The van der Waals surface area contributed by atoms with E-state index in [1.807, 2.05) is 36.4 Å². The molecule has 2 aromatic rings. The predicted molar refractivity (Wildman–Crippen MR) is 64.9 cm³/mol. The number of fused-ring (bicyclic) bond motifs is 1. The van der Waals surface area contributed by atoms with E-state index in [1.165, 1.54) is 0 Å². The molecule has 0 amide bonds. The van der Waals surface area contributed by atoms with Gasteiger partial charge in [-0.25, -0.2) is 0 Å². The van der Waals surface area contributed by atoms with Gasteiger partial charge >= 0.3 is 5.97 Å². The van der Waals surface area contributed by atoms with Crippen molar-refractivity contribution in [3.8, 4) is 0 Å². The quantitative estimate of drug-likeness (QED) is 0.883. The Morgan fingerprint density at radius 2 is 2.06 bits per heavy atom. The van der Waals surface area contributed by atoms with Gasteiger partial charge in [-0.15, -0.1) is 0 Å². The van der Waals surface area contributed by atoms with E-state index in [2.05, 4.69) is 0 Å². The third-order valence-corrected chi connectivity index (χ3v) is 2.78. The molecule has 16 heavy (non-hydrogen) atoms. The zero-order chi connectivity index (χ0) is 11.5. The third-order valence-electron chi connectivity index (χ3n) is 2.54. The summed E-state index contributed by atoms with van der Waals surface area (Å²) >= 11 is 5.94. The molecule has 1 N–H and O–H groups in total. The van der Waals surface area contributed by atoms with Gasteiger partial charge < -0.3 is 5.11 Å². The first-order valence-corrected chi connectivity index (χ1v) is 5.43. The highest BCUT2D eigenvalue weighted by Crippen LogP contribution is 2.23. The largest absolute Gasteiger partial charge is 0.481 e. The Bertz CT molecular complexity index is 534. The zero-order valence-electron chi connectivity index (χ0n) is 8.61. The van der Waals surface area contributed by atoms with Crippen molar-refractivity contribution >= 4 is 28.3 Å². The van der Waals surface area contributed by atoms with Crippen LogP contribution < -0.4 is 0 Å². The van der Waals surface area contributed by atoms with Gasteiger partial charge in [0.05, 0.1) is 0 Å². The molecule has 2 nitrogen and oxygen atoms in total. The number of carboxylic acid groups (broad SMARTS) is 1. The molecule has 0 radical (unpaired) electrons. The van der Waals surface area contributed by atoms with Crippen molar-refractivity contribution in [1.29, 1.82) is 0 Å². The van der Waals surface area contributed by atoms with Gasteiger partial charge in [-0.3, -0.25) is 4.79 Å². The number of hydrogen-bond acceptors (Lipinski definition) is 1. The lowest BCUT2D eigenvalue weighted by Crippen LogP contribution is -1.97. The Balaban J connectivity index is 2.43. The molecule has 0 aliphatic carbocycles. The molecule has 2 rings (SSSR count). The molecule has 0 saturated heterocycles. The molecular formula is C13H11ClO2. The molecule has 0 spiro atoms. The molecule has 0 aliphatic heterocycles. The van der Waals surface area contributed by atoms with Crippen molar-refractivity contribution in [2.24, 2.45) is 0 Å². The van der Waals surface area contributed by atoms with Crippen LogP contribution in [0, 0.1) is 0 Å². The minimum Gasteiger partial charge on any atom is -0.481 e. The summed E-state index contributed by atoms with van der Waals surface area (Å²) in [5.74, 6) is -0.779. The monoisotopic (exact) mass is 234 g/mol. The zero-order valence-corrected chi connectivity index (χ0v) is 9.37. The number of halogens is 1. The van der Waals surface area contributed by atoms with Crippen molar-refractivity contribution in [3.05, 3.63) is 47.0 Å². The van der Waals surface area contributed by atoms with E-state index in [4.69, 9.17) is 16.7 Å². The second-order valence-corrected chi connectivity index (χ2v) is 4.11. The molecule has 0 fully saturated rings. The summed E-state index contributed by atoms with van der Waals surface area (Å²) in [6, 6.07) is 11.5. The SMILES string of the molecule is O=C(O)CCc1cccc2ccc(Cl)cc12. The van der Waals surface area contributed by atoms with Crippen LogP contribution in [0.2, 0.25) is 5.02 Å². The van der Waals surface area contributed by atoms with E-state index >= 15 is 0 Å². The third kappa shape index (κ3) is 2.34. The van der Waals surface area contributed by atoms with Crippen LogP contribution in [0.1, 0.15) is 12.0 Å². The maximum absolute atomic E-state index is 10.5. The van der Waals surface area contributed by atoms with E-state index < -0.39 is 5.97 Å². The summed E-state index contributed by atoms with van der Waals surface area (Å²) in [5, 5.41) is 11.5. The van der Waals surface area contributed by atoms with Crippen LogP contribution in [-0.2, 0) is 11.2 Å². The fourth-order valence-electron chi connectivity index (χ4n) is 1.77. The van der Waals surface area contributed by atoms with E-state index in [0.29, 0.717) is 11.4 Å². The first kappa shape index (κ1) is 11.0. The lowest BCUT2D eigenvalue weighted by Gasteiger charge is -2.05. The maximum atomic E-state index is 10.5. The lowest BCUT2D eigenvalue weighted by atomic mass is 10.0. The maximum Gasteiger partial charge on any atom is 0.303 e. The summed E-state index contributed by atoms with van der Waals surface area (Å²) < 4.78 is 0. The average Bonchev–Trinajstić information content (AvgIpc) is 2.26. The van der Waals surface area contributed by atoms with Crippen molar-refractivity contribution in [2.75, 3.05) is 0 Å².